The number of rotatable bonds is 0. The lowest BCUT2D eigenvalue weighted by Crippen LogP contribution is -2.27. The van der Waals surface area contributed by atoms with E-state index in [-0.39, 0.29) is 0 Å². The highest BCUT2D eigenvalue weighted by molar-refractivity contribution is 5.79. The number of nitrogens with one attached hydrogen (secondary N) is 1. The van der Waals surface area contributed by atoms with Crippen molar-refractivity contribution in [1.82, 2.24) is 5.31 Å². The molecule has 0 unspecified atom stereocenters. The first-order valence-corrected chi connectivity index (χ1v) is 2.54. The summed E-state index contributed by atoms with van der Waals surface area (Å²) < 4.78 is 7.04. The number of ketones is 1. The molecule has 0 aromatic rings. The van der Waals surface area contributed by atoms with E-state index in [1.807, 2.05) is 0 Å². The average Bonchev–Trinajstić information content (AvgIpc) is 1.77. The van der Waals surface area contributed by atoms with Crippen molar-refractivity contribution in [3.63, 3.8) is 0 Å². The molecule has 1 aliphatic heterocycles. The van der Waals surface area contributed by atoms with E-state index in [4.69, 9.17) is 1.41 Å². The highest BCUT2D eigenvalue weighted by Crippen LogP contribution is 1.91. The monoisotopic (exact) mass is 101 g/mol. The first-order valence-electron chi connectivity index (χ1n) is 2.99. The van der Waals surface area contributed by atoms with E-state index < -0.39 is 0 Å². The second kappa shape index (κ2) is 2.07. The van der Waals surface area contributed by atoms with Crippen molar-refractivity contribution in [2.45, 2.75) is 12.8 Å². The van der Waals surface area contributed by atoms with Gasteiger partial charge in [0.15, 0.2) is 0 Å². The Kier molecular flexibility index (Phi) is 1.07. The Bertz CT molecular complexity index is 94.6. The van der Waals surface area contributed by atoms with Crippen molar-refractivity contribution >= 4 is 5.78 Å². The standard InChI is InChI=1S/C5H9NO/c7-5-1-3-6-4-2-5/h6H,1-4H2/i/hT. The van der Waals surface area contributed by atoms with E-state index in [0.717, 1.165) is 0 Å². The molecule has 0 spiro atoms. The van der Waals surface area contributed by atoms with Crippen LogP contribution in [0.5, 0.6) is 0 Å². The zero-order valence-corrected chi connectivity index (χ0v) is 4.18. The molecule has 1 N–H and O–H groups in total. The molecule has 0 aromatic heterocycles. The first-order chi connectivity index (χ1) is 3.79. The highest BCUT2D eigenvalue weighted by atomic mass is 16.1. The molecule has 0 saturated carbocycles. The van der Waals surface area contributed by atoms with Crippen LogP contribution >= 0.6 is 0 Å². The molecule has 7 heavy (non-hydrogen) atoms. The van der Waals surface area contributed by atoms with Crippen molar-refractivity contribution in [3.8, 4) is 0 Å². The summed E-state index contributed by atoms with van der Waals surface area (Å²) in [6.45, 7) is 1.25. The van der Waals surface area contributed by atoms with Gasteiger partial charge in [0, 0.05) is 25.9 Å². The van der Waals surface area contributed by atoms with Gasteiger partial charge in [-0.1, -0.05) is 0 Å². The van der Waals surface area contributed by atoms with Crippen molar-refractivity contribution in [1.29, 1.82) is 0 Å². The van der Waals surface area contributed by atoms with Gasteiger partial charge in [-0.15, -0.1) is 0 Å². The second-order valence-corrected chi connectivity index (χ2v) is 1.71. The molecule has 2 heteroatoms. The lowest BCUT2D eigenvalue weighted by Gasteiger charge is -2.08. The molecule has 0 aromatic carbocycles. The molecule has 40 valence electrons. The van der Waals surface area contributed by atoms with Crippen LogP contribution in [0.3, 0.4) is 0 Å². The average molecular weight is 101 g/mol. The third-order valence-electron chi connectivity index (χ3n) is 1.10. The molecule has 1 aliphatic rings. The number of hydrogen-bond acceptors (Lipinski definition) is 2. The number of carbonyl (C=O) groups excluding carboxylic acids is 1. The fraction of sp³-hybridized carbons (Fsp3) is 0.800. The summed E-state index contributed by atoms with van der Waals surface area (Å²) in [5.41, 5.74) is 0. The minimum atomic E-state index is 0.300. The molecular formula is C5H9NO. The van der Waals surface area contributed by atoms with Crippen LogP contribution < -0.4 is 5.31 Å². The van der Waals surface area contributed by atoms with Crippen LogP contribution in [0.2, 0.25) is 1.41 Å². The molecule has 2 nitrogen and oxygen atoms in total. The summed E-state index contributed by atoms with van der Waals surface area (Å²) in [7, 11) is 0. The molecule has 0 amide bonds. The highest BCUT2D eigenvalue weighted by Gasteiger charge is 2.04. The smallest absolute Gasteiger partial charge is 0.135 e. The number of carbonyl (C=O) groups is 1. The van der Waals surface area contributed by atoms with Crippen molar-refractivity contribution in [2.24, 2.45) is 0 Å². The van der Waals surface area contributed by atoms with Crippen LogP contribution in [0, 0.1) is 0 Å². The molecule has 0 bridgehead atoms. The summed E-state index contributed by atoms with van der Waals surface area (Å²) in [4.78, 5) is 10.5. The molecule has 0 atom stereocenters. The maximum Gasteiger partial charge on any atom is 0.135 e. The Morgan fingerprint density at radius 3 is 2.57 bits per heavy atom. The van der Waals surface area contributed by atoms with Crippen LogP contribution in [0.1, 0.15) is 12.8 Å². The third-order valence-corrected chi connectivity index (χ3v) is 1.10. The molecule has 1 saturated heterocycles. The summed E-state index contributed by atoms with van der Waals surface area (Å²) in [6.07, 6.45) is 1.15. The van der Waals surface area contributed by atoms with Crippen LogP contribution in [-0.4, -0.2) is 18.9 Å². The fourth-order valence-corrected chi connectivity index (χ4v) is 0.644. The van der Waals surface area contributed by atoms with Gasteiger partial charge in [0.25, 0.3) is 0 Å². The minimum absolute atomic E-state index is 0.300. The van der Waals surface area contributed by atoms with Crippen LogP contribution in [-0.2, 0) is 4.79 Å². The van der Waals surface area contributed by atoms with Crippen molar-refractivity contribution in [3.05, 3.63) is 0 Å². The van der Waals surface area contributed by atoms with Gasteiger partial charge in [-0.05, 0) is 0 Å². The largest absolute Gasteiger partial charge is 0.316 e. The maximum absolute atomic E-state index is 10.5. The Balaban J connectivity index is 2.29. The number of piperidine rings is 1. The van der Waals surface area contributed by atoms with Crippen LogP contribution in [0.15, 0.2) is 0 Å². The summed E-state index contributed by atoms with van der Waals surface area (Å²) in [5.74, 6) is 0.300. The number of Topliss-reactive ketones (excluding diaryl/α,β-unsaturated/α-hetero) is 1. The van der Waals surface area contributed by atoms with E-state index in [1.165, 1.54) is 5.31 Å². The predicted octanol–water partition coefficient (Wildman–Crippen LogP) is -0.0611. The summed E-state index contributed by atoms with van der Waals surface area (Å²) >= 11 is 0. The van der Waals surface area contributed by atoms with E-state index >= 15 is 0 Å². The Morgan fingerprint density at radius 2 is 2.14 bits per heavy atom. The molecule has 0 aliphatic carbocycles. The first kappa shape index (κ1) is 3.61. The van der Waals surface area contributed by atoms with E-state index in [1.54, 1.807) is 0 Å². The van der Waals surface area contributed by atoms with Gasteiger partial charge in [0.05, 0.1) is 0 Å². The topological polar surface area (TPSA) is 29.1 Å². The zero-order valence-electron chi connectivity index (χ0n) is 5.18. The Labute approximate surface area is 44.4 Å². The van der Waals surface area contributed by atoms with Gasteiger partial charge in [-0.3, -0.25) is 4.79 Å². The lowest BCUT2D eigenvalue weighted by atomic mass is 10.1. The Hall–Kier alpha value is -0.370. The molecule has 1 heterocycles. The van der Waals surface area contributed by atoms with Gasteiger partial charge in [-0.25, -0.2) is 0 Å². The lowest BCUT2D eigenvalue weighted by molar-refractivity contribution is -0.119. The fourth-order valence-electron chi connectivity index (χ4n) is 0.644. The third kappa shape index (κ3) is 1.27. The second-order valence-electron chi connectivity index (χ2n) is 1.71. The van der Waals surface area contributed by atoms with E-state index in [2.05, 4.69) is 0 Å². The van der Waals surface area contributed by atoms with Crippen LogP contribution in [0.25, 0.3) is 0 Å². The maximum atomic E-state index is 10.5. The van der Waals surface area contributed by atoms with Gasteiger partial charge in [-0.2, -0.15) is 0 Å². The molecular weight excluding hydrogens is 90.1 g/mol. The quantitative estimate of drug-likeness (QED) is 0.463. The predicted molar refractivity (Wildman–Crippen MR) is 27.1 cm³/mol. The summed E-state index contributed by atoms with van der Waals surface area (Å²) in [6, 6.07) is 0. The van der Waals surface area contributed by atoms with E-state index in [0.29, 0.717) is 31.7 Å². The van der Waals surface area contributed by atoms with Crippen LogP contribution in [0.4, 0.5) is 0 Å². The Morgan fingerprint density at radius 1 is 1.57 bits per heavy atom. The normalized spacial score (nSPS) is 27.4. The minimum Gasteiger partial charge on any atom is -0.316 e. The molecule has 1 fully saturated rings. The van der Waals surface area contributed by atoms with E-state index in [9.17, 15) is 4.79 Å². The molecule has 0 radical (unpaired) electrons. The van der Waals surface area contributed by atoms with Gasteiger partial charge >= 0.3 is 0 Å². The van der Waals surface area contributed by atoms with Crippen molar-refractivity contribution in [2.75, 3.05) is 13.1 Å². The number of hydrogen-bond donors (Lipinski definition) is 1. The van der Waals surface area contributed by atoms with Gasteiger partial charge in [0.2, 0.25) is 0 Å². The van der Waals surface area contributed by atoms with Gasteiger partial charge < -0.3 is 5.31 Å². The SMILES string of the molecule is [3H]N1CCC(=O)CC1. The van der Waals surface area contributed by atoms with Crippen molar-refractivity contribution < 1.29 is 6.21 Å². The molecule has 1 rings (SSSR count). The van der Waals surface area contributed by atoms with Gasteiger partial charge in [0.1, 0.15) is 7.20 Å². The zero-order chi connectivity index (χ0) is 5.98. The summed E-state index contributed by atoms with van der Waals surface area (Å²) in [5, 5.41) is 1.43.